The molecule has 3 aromatic rings. The molecule has 152 valence electrons. The molecule has 1 amide bonds. The van der Waals surface area contributed by atoms with Crippen LogP contribution in [0.15, 0.2) is 72.1 Å². The average Bonchev–Trinajstić information content (AvgIpc) is 3.23. The zero-order chi connectivity index (χ0) is 20.9. The Hall–Kier alpha value is -3.04. The van der Waals surface area contributed by atoms with Crippen molar-refractivity contribution in [3.05, 3.63) is 78.6 Å². The minimum absolute atomic E-state index is 0.0643. The van der Waals surface area contributed by atoms with Gasteiger partial charge in [0, 0.05) is 31.0 Å². The van der Waals surface area contributed by atoms with Gasteiger partial charge in [0.05, 0.1) is 12.4 Å². The summed E-state index contributed by atoms with van der Waals surface area (Å²) in [6.07, 6.45) is 5.16. The number of imidazole rings is 1. The van der Waals surface area contributed by atoms with E-state index in [2.05, 4.69) is 15.0 Å². The van der Waals surface area contributed by atoms with Gasteiger partial charge in [0.25, 0.3) is 0 Å². The van der Waals surface area contributed by atoms with Gasteiger partial charge in [0.1, 0.15) is 10.7 Å². The van der Waals surface area contributed by atoms with Crippen LogP contribution in [0, 0.1) is 5.82 Å². The third-order valence-electron chi connectivity index (χ3n) is 4.34. The fourth-order valence-corrected chi connectivity index (χ4v) is 3.89. The fourth-order valence-electron chi connectivity index (χ4n) is 2.78. The van der Waals surface area contributed by atoms with Gasteiger partial charge >= 0.3 is 0 Å². The van der Waals surface area contributed by atoms with Crippen molar-refractivity contribution in [2.45, 2.75) is 24.3 Å². The summed E-state index contributed by atoms with van der Waals surface area (Å²) in [4.78, 5) is 15.7. The molecular weight excluding hydrogens is 395 g/mol. The number of amides is 1. The Morgan fingerprint density at radius 1 is 1.17 bits per heavy atom. The summed E-state index contributed by atoms with van der Waals surface area (Å²) in [5.41, 5.74) is 1.86. The molecule has 2 N–H and O–H groups in total. The molecule has 0 radical (unpaired) electrons. The van der Waals surface area contributed by atoms with Crippen molar-refractivity contribution in [3.63, 3.8) is 0 Å². The Labute approximate surface area is 168 Å². The van der Waals surface area contributed by atoms with Crippen LogP contribution in [0.5, 0.6) is 0 Å². The average molecular weight is 416 g/mol. The van der Waals surface area contributed by atoms with E-state index in [0.29, 0.717) is 0 Å². The molecule has 1 aromatic heterocycles. The molecule has 0 saturated carbocycles. The van der Waals surface area contributed by atoms with Crippen molar-refractivity contribution in [3.8, 4) is 5.69 Å². The normalized spacial score (nSPS) is 12.5. The van der Waals surface area contributed by atoms with Crippen LogP contribution in [0.4, 0.5) is 4.39 Å². The summed E-state index contributed by atoms with van der Waals surface area (Å²) in [5, 5.41) is 2.82. The van der Waals surface area contributed by atoms with E-state index in [1.165, 1.54) is 18.2 Å². The van der Waals surface area contributed by atoms with Crippen LogP contribution in [-0.4, -0.2) is 30.4 Å². The molecule has 9 heteroatoms. The van der Waals surface area contributed by atoms with Crippen LogP contribution < -0.4 is 10.0 Å². The summed E-state index contributed by atoms with van der Waals surface area (Å²) in [6.45, 7) is 1.71. The predicted octanol–water partition coefficient (Wildman–Crippen LogP) is 2.56. The molecule has 1 heterocycles. The van der Waals surface area contributed by atoms with Crippen molar-refractivity contribution in [2.75, 3.05) is 6.54 Å². The van der Waals surface area contributed by atoms with Crippen LogP contribution in [0.3, 0.4) is 0 Å². The number of carbonyl (C=O) groups is 1. The highest BCUT2D eigenvalue weighted by molar-refractivity contribution is 7.89. The minimum atomic E-state index is -4.01. The van der Waals surface area contributed by atoms with Gasteiger partial charge in [-0.1, -0.05) is 24.3 Å². The second kappa shape index (κ2) is 8.97. The summed E-state index contributed by atoms with van der Waals surface area (Å²) >= 11 is 0. The first-order valence-corrected chi connectivity index (χ1v) is 10.5. The van der Waals surface area contributed by atoms with Gasteiger partial charge in [0.15, 0.2) is 0 Å². The smallest absolute Gasteiger partial charge is 0.243 e. The standard InChI is InChI=1S/C20H21FN4O3S/c1-15(16-6-8-17(9-7-16)25-13-12-22-14-25)24-20(26)10-11-23-29(27,28)19-5-3-2-4-18(19)21/h2-9,12-15,23H,10-11H2,1H3,(H,24,26)/t15-/m1/s1. The third-order valence-corrected chi connectivity index (χ3v) is 5.84. The highest BCUT2D eigenvalue weighted by Gasteiger charge is 2.18. The zero-order valence-electron chi connectivity index (χ0n) is 15.7. The highest BCUT2D eigenvalue weighted by Crippen LogP contribution is 2.16. The monoisotopic (exact) mass is 416 g/mol. The molecule has 0 aliphatic rings. The van der Waals surface area contributed by atoms with Crippen LogP contribution in [-0.2, 0) is 14.8 Å². The summed E-state index contributed by atoms with van der Waals surface area (Å²) in [6, 6.07) is 12.5. The summed E-state index contributed by atoms with van der Waals surface area (Å²) < 4.78 is 42.0. The number of hydrogen-bond donors (Lipinski definition) is 2. The second-order valence-electron chi connectivity index (χ2n) is 6.43. The first-order valence-electron chi connectivity index (χ1n) is 8.98. The van der Waals surface area contributed by atoms with Gasteiger partial charge in [0.2, 0.25) is 15.9 Å². The Kier molecular flexibility index (Phi) is 6.40. The molecule has 0 aliphatic heterocycles. The maximum absolute atomic E-state index is 13.6. The molecule has 7 nitrogen and oxygen atoms in total. The van der Waals surface area contributed by atoms with Gasteiger partial charge < -0.3 is 9.88 Å². The number of nitrogens with one attached hydrogen (secondary N) is 2. The van der Waals surface area contributed by atoms with E-state index in [9.17, 15) is 17.6 Å². The van der Waals surface area contributed by atoms with Gasteiger partial charge in [-0.25, -0.2) is 22.5 Å². The maximum Gasteiger partial charge on any atom is 0.243 e. The van der Waals surface area contributed by atoms with Crippen LogP contribution in [0.1, 0.15) is 24.9 Å². The third kappa shape index (κ3) is 5.27. The number of nitrogens with zero attached hydrogens (tertiary/aromatic N) is 2. The largest absolute Gasteiger partial charge is 0.350 e. The number of sulfonamides is 1. The number of rotatable bonds is 8. The first kappa shape index (κ1) is 20.7. The first-order chi connectivity index (χ1) is 13.9. The van der Waals surface area contributed by atoms with E-state index >= 15 is 0 Å². The predicted molar refractivity (Wildman–Crippen MR) is 106 cm³/mol. The second-order valence-corrected chi connectivity index (χ2v) is 8.16. The zero-order valence-corrected chi connectivity index (χ0v) is 16.6. The molecule has 0 aliphatic carbocycles. The topological polar surface area (TPSA) is 93.1 Å². The Morgan fingerprint density at radius 2 is 1.90 bits per heavy atom. The van der Waals surface area contributed by atoms with Crippen LogP contribution >= 0.6 is 0 Å². The van der Waals surface area contributed by atoms with Gasteiger partial charge in [-0.2, -0.15) is 0 Å². The van der Waals surface area contributed by atoms with Crippen molar-refractivity contribution in [1.82, 2.24) is 19.6 Å². The lowest BCUT2D eigenvalue weighted by molar-refractivity contribution is -0.121. The lowest BCUT2D eigenvalue weighted by Gasteiger charge is -2.15. The number of aromatic nitrogens is 2. The van der Waals surface area contributed by atoms with Gasteiger partial charge in [-0.3, -0.25) is 4.79 Å². The molecule has 2 aromatic carbocycles. The van der Waals surface area contributed by atoms with E-state index in [0.717, 1.165) is 17.3 Å². The van der Waals surface area contributed by atoms with E-state index in [-0.39, 0.29) is 24.9 Å². The van der Waals surface area contributed by atoms with Crippen molar-refractivity contribution < 1.29 is 17.6 Å². The SMILES string of the molecule is C[C@@H](NC(=O)CCNS(=O)(=O)c1ccccc1F)c1ccc(-n2ccnc2)cc1. The fraction of sp³-hybridized carbons (Fsp3) is 0.200. The Balaban J connectivity index is 1.51. The van der Waals surface area contributed by atoms with E-state index in [1.807, 2.05) is 42.0 Å². The van der Waals surface area contributed by atoms with Crippen molar-refractivity contribution >= 4 is 15.9 Å². The molecule has 0 fully saturated rings. The highest BCUT2D eigenvalue weighted by atomic mass is 32.2. The van der Waals surface area contributed by atoms with Crippen LogP contribution in [0.2, 0.25) is 0 Å². The van der Waals surface area contributed by atoms with E-state index in [4.69, 9.17) is 0 Å². The summed E-state index contributed by atoms with van der Waals surface area (Å²) in [7, 11) is -4.01. The van der Waals surface area contributed by atoms with Crippen molar-refractivity contribution in [2.24, 2.45) is 0 Å². The lowest BCUT2D eigenvalue weighted by atomic mass is 10.1. The Bertz CT molecular complexity index is 1070. The number of carbonyl (C=O) groups excluding carboxylic acids is 1. The van der Waals surface area contributed by atoms with Gasteiger partial charge in [-0.15, -0.1) is 0 Å². The minimum Gasteiger partial charge on any atom is -0.350 e. The Morgan fingerprint density at radius 3 is 2.55 bits per heavy atom. The molecule has 0 bridgehead atoms. The van der Waals surface area contributed by atoms with E-state index in [1.54, 1.807) is 12.5 Å². The molecular formula is C20H21FN4O3S. The molecule has 1 atom stereocenters. The van der Waals surface area contributed by atoms with Crippen molar-refractivity contribution in [1.29, 1.82) is 0 Å². The molecule has 3 rings (SSSR count). The summed E-state index contributed by atoms with van der Waals surface area (Å²) in [5.74, 6) is -1.15. The van der Waals surface area contributed by atoms with Gasteiger partial charge in [-0.05, 0) is 36.8 Å². The molecule has 29 heavy (non-hydrogen) atoms. The molecule has 0 spiro atoms. The lowest BCUT2D eigenvalue weighted by Crippen LogP contribution is -2.32. The quantitative estimate of drug-likeness (QED) is 0.590. The maximum atomic E-state index is 13.6. The number of halogens is 1. The van der Waals surface area contributed by atoms with Crippen LogP contribution in [0.25, 0.3) is 5.69 Å². The number of benzene rings is 2. The number of hydrogen-bond acceptors (Lipinski definition) is 4. The molecule has 0 saturated heterocycles. The van der Waals surface area contributed by atoms with E-state index < -0.39 is 20.7 Å². The molecule has 0 unspecified atom stereocenters.